The molecule has 2 aliphatic heterocycles. The highest BCUT2D eigenvalue weighted by atomic mass is 35.5. The summed E-state index contributed by atoms with van der Waals surface area (Å²) < 4.78 is 5.27. The molecule has 0 radical (unpaired) electrons. The minimum atomic E-state index is -2.13. The molecular weight excluding hydrogens is 697 g/mol. The number of amides is 4. The number of benzene rings is 2. The summed E-state index contributed by atoms with van der Waals surface area (Å²) in [5.74, 6) is -8.08. The molecule has 0 bridgehead atoms. The predicted molar refractivity (Wildman–Crippen MR) is 172 cm³/mol. The predicted octanol–water partition coefficient (Wildman–Crippen LogP) is 4.13. The fraction of sp³-hybridized carbons (Fsp3) is 0.400. The molecule has 4 aliphatic rings. The summed E-state index contributed by atoms with van der Waals surface area (Å²) in [6.07, 6.45) is 1.26. The van der Waals surface area contributed by atoms with Gasteiger partial charge in [-0.2, -0.15) is 0 Å². The zero-order valence-electron chi connectivity index (χ0n) is 25.6. The van der Waals surface area contributed by atoms with Gasteiger partial charge in [-0.1, -0.05) is 23.3 Å². The van der Waals surface area contributed by atoms with Crippen LogP contribution in [0.15, 0.2) is 35.9 Å². The lowest BCUT2D eigenvalue weighted by Gasteiger charge is -2.50. The minimum Gasteiger partial charge on any atom is -0.503 e. The minimum absolute atomic E-state index is 0.0444. The summed E-state index contributed by atoms with van der Waals surface area (Å²) in [7, 11) is 5.26. The lowest BCUT2D eigenvalue weighted by molar-refractivity contribution is -0.392. The summed E-state index contributed by atoms with van der Waals surface area (Å²) in [5, 5.41) is 34.3. The second-order valence-corrected chi connectivity index (χ2v) is 14.0. The van der Waals surface area contributed by atoms with Crippen molar-refractivity contribution in [1.82, 2.24) is 4.90 Å². The first-order valence-corrected chi connectivity index (χ1v) is 15.5. The number of halogens is 3. The van der Waals surface area contributed by atoms with Crippen molar-refractivity contribution in [1.29, 1.82) is 0 Å². The summed E-state index contributed by atoms with van der Waals surface area (Å²) in [4.78, 5) is 76.5. The number of allylic oxidation sites excluding steroid dienone is 2. The fourth-order valence-electron chi connectivity index (χ4n) is 7.74. The van der Waals surface area contributed by atoms with Crippen LogP contribution in [0.25, 0.3) is 0 Å². The monoisotopic (exact) mass is 721 g/mol. The third-order valence-corrected chi connectivity index (χ3v) is 11.5. The van der Waals surface area contributed by atoms with Crippen molar-refractivity contribution >= 4 is 81.2 Å². The highest BCUT2D eigenvalue weighted by molar-refractivity contribution is 6.53. The molecule has 2 aromatic carbocycles. The Balaban J connectivity index is 1.53. The van der Waals surface area contributed by atoms with E-state index in [1.54, 1.807) is 6.08 Å². The van der Waals surface area contributed by atoms with Crippen LogP contribution in [-0.2, 0) is 19.2 Å². The molecule has 6 unspecified atom stereocenters. The van der Waals surface area contributed by atoms with Crippen molar-refractivity contribution < 1.29 is 38.9 Å². The van der Waals surface area contributed by atoms with Gasteiger partial charge in [-0.3, -0.25) is 44.3 Å². The number of nitro benzene ring substituents is 2. The molecule has 48 heavy (non-hydrogen) atoms. The topological polar surface area (TPSA) is 194 Å². The summed E-state index contributed by atoms with van der Waals surface area (Å²) >= 11 is 20.6. The van der Waals surface area contributed by atoms with Crippen LogP contribution in [0.4, 0.5) is 22.7 Å². The van der Waals surface area contributed by atoms with Gasteiger partial charge in [0.2, 0.25) is 11.8 Å². The van der Waals surface area contributed by atoms with E-state index in [1.807, 2.05) is 0 Å². The number of aromatic hydroxyl groups is 1. The van der Waals surface area contributed by atoms with E-state index in [9.17, 15) is 44.5 Å². The van der Waals surface area contributed by atoms with Crippen LogP contribution in [0.2, 0.25) is 5.02 Å². The van der Waals surface area contributed by atoms with E-state index in [2.05, 4.69) is 0 Å². The van der Waals surface area contributed by atoms with E-state index in [-0.39, 0.29) is 40.6 Å². The molecule has 4 amide bonds. The van der Waals surface area contributed by atoms with E-state index in [4.69, 9.17) is 39.5 Å². The van der Waals surface area contributed by atoms with Crippen molar-refractivity contribution in [2.45, 2.75) is 28.5 Å². The fourth-order valence-corrected chi connectivity index (χ4v) is 8.98. The number of ether oxygens (including phenoxy) is 1. The van der Waals surface area contributed by atoms with Crippen LogP contribution in [-0.4, -0.2) is 81.5 Å². The Hall–Kier alpha value is -4.47. The molecule has 6 rings (SSSR count). The highest BCUT2D eigenvalue weighted by Gasteiger charge is 2.76. The third-order valence-electron chi connectivity index (χ3n) is 9.77. The Morgan fingerprint density at radius 2 is 1.58 bits per heavy atom. The number of phenols is 1. The van der Waals surface area contributed by atoms with Crippen molar-refractivity contribution in [3.63, 3.8) is 0 Å². The molecule has 3 fully saturated rings. The van der Waals surface area contributed by atoms with Gasteiger partial charge < -0.3 is 14.7 Å². The number of nitrogens with zero attached hydrogens (tertiary/aromatic N) is 5. The summed E-state index contributed by atoms with van der Waals surface area (Å²) in [6.45, 7) is 0. The smallest absolute Gasteiger partial charge is 0.301 e. The van der Waals surface area contributed by atoms with Crippen LogP contribution in [0.1, 0.15) is 24.3 Å². The maximum Gasteiger partial charge on any atom is 0.301 e. The number of imide groups is 2. The number of rotatable bonds is 6. The third kappa shape index (κ3) is 4.26. The van der Waals surface area contributed by atoms with Crippen LogP contribution < -0.4 is 14.5 Å². The zero-order valence-corrected chi connectivity index (χ0v) is 27.9. The summed E-state index contributed by atoms with van der Waals surface area (Å²) in [6, 6.07) is 4.59. The molecule has 18 heteroatoms. The Morgan fingerprint density at radius 1 is 0.979 bits per heavy atom. The molecule has 15 nitrogen and oxygen atoms in total. The quantitative estimate of drug-likeness (QED) is 0.148. The molecule has 2 aliphatic carbocycles. The first-order chi connectivity index (χ1) is 22.4. The lowest BCUT2D eigenvalue weighted by atomic mass is 9.56. The molecule has 252 valence electrons. The van der Waals surface area contributed by atoms with E-state index in [0.29, 0.717) is 10.5 Å². The number of carbonyl (C=O) groups is 4. The number of carbonyl (C=O) groups excluding carboxylic acids is 4. The Morgan fingerprint density at radius 3 is 2.12 bits per heavy atom. The van der Waals surface area contributed by atoms with E-state index >= 15 is 0 Å². The van der Waals surface area contributed by atoms with Crippen LogP contribution in [0, 0.1) is 38.0 Å². The Bertz CT molecular complexity index is 1880. The summed E-state index contributed by atoms with van der Waals surface area (Å²) in [5.41, 5.74) is -1.45. The Kier molecular flexibility index (Phi) is 7.69. The number of methoxy groups -OCH3 is 1. The number of phenolic OH excluding ortho intramolecular Hbond substituents is 1. The molecular formula is C30H26Cl3N5O10. The molecule has 0 aromatic heterocycles. The maximum atomic E-state index is 14.3. The number of anilines is 2. The second-order valence-electron chi connectivity index (χ2n) is 12.3. The first kappa shape index (κ1) is 33.4. The van der Waals surface area contributed by atoms with E-state index in [1.165, 1.54) is 45.3 Å². The van der Waals surface area contributed by atoms with Crippen LogP contribution in [0.5, 0.6) is 11.5 Å². The van der Waals surface area contributed by atoms with Crippen LogP contribution >= 0.6 is 34.8 Å². The number of fused-ring (bicyclic) bond motifs is 4. The van der Waals surface area contributed by atoms with Crippen LogP contribution in [0.3, 0.4) is 0 Å². The van der Waals surface area contributed by atoms with Gasteiger partial charge in [-0.15, -0.1) is 23.2 Å². The highest BCUT2D eigenvalue weighted by Crippen LogP contribution is 2.66. The Labute approximate surface area is 286 Å². The van der Waals surface area contributed by atoms with E-state index < -0.39 is 84.0 Å². The molecule has 6 atom stereocenters. The van der Waals surface area contributed by atoms with Gasteiger partial charge in [-0.05, 0) is 36.5 Å². The van der Waals surface area contributed by atoms with Gasteiger partial charge in [0.25, 0.3) is 11.8 Å². The average Bonchev–Trinajstić information content (AvgIpc) is 3.36. The lowest BCUT2D eigenvalue weighted by Crippen LogP contribution is -2.60. The van der Waals surface area contributed by atoms with Gasteiger partial charge in [-0.25, -0.2) is 4.90 Å². The standard InChI is InChI=1S/C30H26Cl3N5O10/c1-34(2)23-18(37(44)45)9-13(10-19(23)38(46)47)36-25(40)15-6-5-14-16(21(15)26(36)41)11-29(32)27(42)35(3)28(43)30(29,33)22(14)12-7-17(31)24(39)20(8-12)48-4/h5,7-10,15-16,21-22,39H,6,11H2,1-4H3. The zero-order chi connectivity index (χ0) is 35.4. The number of likely N-dealkylation sites (tertiary alicyclic amines) is 1. The van der Waals surface area contributed by atoms with Gasteiger partial charge in [0, 0.05) is 39.2 Å². The number of hydrogen-bond donors (Lipinski definition) is 1. The second kappa shape index (κ2) is 11.0. The van der Waals surface area contributed by atoms with Crippen molar-refractivity contribution in [3.8, 4) is 11.5 Å². The van der Waals surface area contributed by atoms with Crippen molar-refractivity contribution in [2.75, 3.05) is 38.1 Å². The number of nitro groups is 2. The molecule has 2 saturated heterocycles. The van der Waals surface area contributed by atoms with Gasteiger partial charge in [0.05, 0.1) is 39.5 Å². The van der Waals surface area contributed by atoms with Gasteiger partial charge in [0.15, 0.2) is 26.9 Å². The first-order valence-electron chi connectivity index (χ1n) is 14.4. The average molecular weight is 723 g/mol. The van der Waals surface area contributed by atoms with Crippen molar-refractivity contribution in [2.24, 2.45) is 17.8 Å². The van der Waals surface area contributed by atoms with Crippen molar-refractivity contribution in [3.05, 3.63) is 66.7 Å². The molecule has 2 aromatic rings. The number of hydrogen-bond acceptors (Lipinski definition) is 11. The molecule has 0 spiro atoms. The van der Waals surface area contributed by atoms with E-state index in [0.717, 1.165) is 17.0 Å². The largest absolute Gasteiger partial charge is 0.503 e. The molecule has 1 saturated carbocycles. The molecule has 1 N–H and O–H groups in total. The SMILES string of the molecule is COc1cc(C2C3=CCC4C(=O)N(c5cc([N+](=O)[O-])c(N(C)C)c([N+](=O)[O-])c5)C(=O)C4C3CC3(Cl)C(=O)N(C)C(=O)C23Cl)cc(Cl)c1O. The van der Waals surface area contributed by atoms with Gasteiger partial charge in [0.1, 0.15) is 0 Å². The normalized spacial score (nSPS) is 29.4. The maximum absolute atomic E-state index is 14.3. The molecule has 2 heterocycles. The number of alkyl halides is 2. The van der Waals surface area contributed by atoms with Gasteiger partial charge >= 0.3 is 11.4 Å².